The maximum absolute atomic E-state index is 12.6. The molecule has 0 bridgehead atoms. The van der Waals surface area contributed by atoms with E-state index in [1.807, 2.05) is 13.0 Å². The minimum Gasteiger partial charge on any atom is -0.467 e. The molecule has 2 heterocycles. The highest BCUT2D eigenvalue weighted by atomic mass is 16.3. The lowest BCUT2D eigenvalue weighted by Gasteiger charge is -2.30. The first-order valence-corrected chi connectivity index (χ1v) is 6.55. The van der Waals surface area contributed by atoms with E-state index in [1.54, 1.807) is 17.2 Å². The van der Waals surface area contributed by atoms with Crippen LogP contribution in [-0.2, 0) is 11.3 Å². The van der Waals surface area contributed by atoms with Crippen LogP contribution in [0.5, 0.6) is 0 Å². The molecule has 5 nitrogen and oxygen atoms in total. The van der Waals surface area contributed by atoms with Gasteiger partial charge in [-0.15, -0.1) is 0 Å². The Hall–Kier alpha value is -1.80. The Labute approximate surface area is 113 Å². The Morgan fingerprint density at radius 3 is 3.11 bits per heavy atom. The van der Waals surface area contributed by atoms with Crippen molar-refractivity contribution in [2.24, 2.45) is 5.41 Å². The number of nitrogens with zero attached hydrogens (tertiary/aromatic N) is 2. The van der Waals surface area contributed by atoms with Crippen LogP contribution in [0.2, 0.25) is 0 Å². The quantitative estimate of drug-likeness (QED) is 0.872. The molecule has 1 unspecified atom stereocenters. The maximum atomic E-state index is 12.6. The number of rotatable bonds is 5. The van der Waals surface area contributed by atoms with Crippen LogP contribution >= 0.6 is 0 Å². The highest BCUT2D eigenvalue weighted by molar-refractivity contribution is 5.83. The Morgan fingerprint density at radius 2 is 2.53 bits per heavy atom. The number of furan rings is 1. The lowest BCUT2D eigenvalue weighted by Crippen LogP contribution is -2.43. The maximum Gasteiger partial charge on any atom is 0.230 e. The molecule has 1 aliphatic heterocycles. The fourth-order valence-corrected chi connectivity index (χ4v) is 2.41. The number of hydrogen-bond acceptors (Lipinski definition) is 4. The molecule has 1 N–H and O–H groups in total. The molecule has 1 saturated heterocycles. The van der Waals surface area contributed by atoms with Crippen LogP contribution in [0.1, 0.15) is 25.5 Å². The standard InChI is InChI=1S/C14H19N3O2/c1-14(5-7-16-11-14)13(18)17(8-3-6-15)10-12-4-2-9-19-12/h2,4,9,16H,3,5,7-8,10-11H2,1H3. The highest BCUT2D eigenvalue weighted by Gasteiger charge is 2.39. The zero-order valence-corrected chi connectivity index (χ0v) is 11.2. The minimum absolute atomic E-state index is 0.101. The predicted octanol–water partition coefficient (Wildman–Crippen LogP) is 1.52. The monoisotopic (exact) mass is 261 g/mol. The van der Waals surface area contributed by atoms with Gasteiger partial charge in [-0.3, -0.25) is 4.79 Å². The predicted molar refractivity (Wildman–Crippen MR) is 69.9 cm³/mol. The summed E-state index contributed by atoms with van der Waals surface area (Å²) in [6.07, 6.45) is 2.78. The number of nitrogens with one attached hydrogen (secondary N) is 1. The van der Waals surface area contributed by atoms with E-state index in [9.17, 15) is 4.79 Å². The van der Waals surface area contributed by atoms with E-state index in [0.717, 1.165) is 18.7 Å². The summed E-state index contributed by atoms with van der Waals surface area (Å²) in [5, 5.41) is 12.0. The Kier molecular flexibility index (Phi) is 4.23. The Bertz CT molecular complexity index is 456. The van der Waals surface area contributed by atoms with Gasteiger partial charge in [0.1, 0.15) is 5.76 Å². The molecule has 1 aromatic heterocycles. The third-order valence-electron chi connectivity index (χ3n) is 3.59. The van der Waals surface area contributed by atoms with Crippen LogP contribution in [0.3, 0.4) is 0 Å². The van der Waals surface area contributed by atoms with E-state index in [2.05, 4.69) is 11.4 Å². The van der Waals surface area contributed by atoms with Gasteiger partial charge in [0.05, 0.1) is 30.7 Å². The smallest absolute Gasteiger partial charge is 0.230 e. The molecule has 0 saturated carbocycles. The van der Waals surface area contributed by atoms with Crippen LogP contribution in [-0.4, -0.2) is 30.4 Å². The highest BCUT2D eigenvalue weighted by Crippen LogP contribution is 2.28. The van der Waals surface area contributed by atoms with Gasteiger partial charge in [-0.05, 0) is 32.0 Å². The average molecular weight is 261 g/mol. The molecule has 0 radical (unpaired) electrons. The molecular weight excluding hydrogens is 242 g/mol. The van der Waals surface area contributed by atoms with Gasteiger partial charge in [0.15, 0.2) is 0 Å². The third-order valence-corrected chi connectivity index (χ3v) is 3.59. The van der Waals surface area contributed by atoms with Crippen LogP contribution in [0.4, 0.5) is 0 Å². The summed E-state index contributed by atoms with van der Waals surface area (Å²) in [7, 11) is 0. The molecule has 5 heteroatoms. The van der Waals surface area contributed by atoms with E-state index < -0.39 is 0 Å². The summed E-state index contributed by atoms with van der Waals surface area (Å²) in [6, 6.07) is 5.75. The van der Waals surface area contributed by atoms with Crippen molar-refractivity contribution >= 4 is 5.91 Å². The summed E-state index contributed by atoms with van der Waals surface area (Å²) >= 11 is 0. The van der Waals surface area contributed by atoms with Crippen molar-refractivity contribution in [2.45, 2.75) is 26.3 Å². The molecule has 0 aromatic carbocycles. The number of carbonyl (C=O) groups excluding carboxylic acids is 1. The Balaban J connectivity index is 2.08. The van der Waals surface area contributed by atoms with Crippen molar-refractivity contribution in [1.29, 1.82) is 5.26 Å². The lowest BCUT2D eigenvalue weighted by molar-refractivity contribution is -0.141. The largest absolute Gasteiger partial charge is 0.467 e. The molecule has 102 valence electrons. The van der Waals surface area contributed by atoms with Crippen molar-refractivity contribution in [2.75, 3.05) is 19.6 Å². The van der Waals surface area contributed by atoms with E-state index in [0.29, 0.717) is 26.1 Å². The number of amides is 1. The van der Waals surface area contributed by atoms with Crippen molar-refractivity contribution in [1.82, 2.24) is 10.2 Å². The molecular formula is C14H19N3O2. The molecule has 0 spiro atoms. The third kappa shape index (κ3) is 3.15. The first-order chi connectivity index (χ1) is 9.15. The van der Waals surface area contributed by atoms with Gasteiger partial charge in [0.25, 0.3) is 0 Å². The topological polar surface area (TPSA) is 69.3 Å². The summed E-state index contributed by atoms with van der Waals surface area (Å²) in [4.78, 5) is 14.4. The SMILES string of the molecule is CC1(C(=O)N(CCC#N)Cc2ccco2)CCNC1. The molecule has 1 atom stereocenters. The second-order valence-corrected chi connectivity index (χ2v) is 5.20. The Morgan fingerprint density at radius 1 is 1.68 bits per heavy atom. The van der Waals surface area contributed by atoms with Crippen LogP contribution in [0, 0.1) is 16.7 Å². The van der Waals surface area contributed by atoms with Gasteiger partial charge in [0, 0.05) is 13.1 Å². The van der Waals surface area contributed by atoms with Gasteiger partial charge in [-0.2, -0.15) is 5.26 Å². The van der Waals surface area contributed by atoms with E-state index in [-0.39, 0.29) is 11.3 Å². The van der Waals surface area contributed by atoms with E-state index >= 15 is 0 Å². The van der Waals surface area contributed by atoms with Gasteiger partial charge >= 0.3 is 0 Å². The van der Waals surface area contributed by atoms with Gasteiger partial charge in [0.2, 0.25) is 5.91 Å². The average Bonchev–Trinajstić information content (AvgIpc) is 3.06. The van der Waals surface area contributed by atoms with Crippen LogP contribution in [0.15, 0.2) is 22.8 Å². The summed E-state index contributed by atoms with van der Waals surface area (Å²) in [5.74, 6) is 0.852. The molecule has 0 aliphatic carbocycles. The van der Waals surface area contributed by atoms with E-state index in [1.165, 1.54) is 0 Å². The first kappa shape index (κ1) is 13.6. The fraction of sp³-hybridized carbons (Fsp3) is 0.571. The summed E-state index contributed by atoms with van der Waals surface area (Å²) < 4.78 is 5.30. The van der Waals surface area contributed by atoms with Crippen molar-refractivity contribution in [3.63, 3.8) is 0 Å². The number of nitriles is 1. The minimum atomic E-state index is -0.359. The number of hydrogen-bond donors (Lipinski definition) is 1. The van der Waals surface area contributed by atoms with Gasteiger partial charge < -0.3 is 14.6 Å². The van der Waals surface area contributed by atoms with Gasteiger partial charge in [-0.25, -0.2) is 0 Å². The summed E-state index contributed by atoms with van der Waals surface area (Å²) in [5.41, 5.74) is -0.359. The second-order valence-electron chi connectivity index (χ2n) is 5.20. The molecule has 1 aromatic rings. The second kappa shape index (κ2) is 5.89. The lowest BCUT2D eigenvalue weighted by atomic mass is 9.88. The molecule has 19 heavy (non-hydrogen) atoms. The normalized spacial score (nSPS) is 22.1. The van der Waals surface area contributed by atoms with Crippen molar-refractivity contribution in [3.8, 4) is 6.07 Å². The van der Waals surface area contributed by atoms with E-state index in [4.69, 9.17) is 9.68 Å². The number of carbonyl (C=O) groups is 1. The van der Waals surface area contributed by atoms with Crippen LogP contribution < -0.4 is 5.32 Å². The fourth-order valence-electron chi connectivity index (χ4n) is 2.41. The van der Waals surface area contributed by atoms with Crippen molar-refractivity contribution in [3.05, 3.63) is 24.2 Å². The molecule has 1 fully saturated rings. The zero-order chi connectivity index (χ0) is 13.7. The van der Waals surface area contributed by atoms with Gasteiger partial charge in [-0.1, -0.05) is 0 Å². The van der Waals surface area contributed by atoms with Crippen LogP contribution in [0.25, 0.3) is 0 Å². The summed E-state index contributed by atoms with van der Waals surface area (Å²) in [6.45, 7) is 4.44. The molecule has 1 aliphatic rings. The first-order valence-electron chi connectivity index (χ1n) is 6.55. The molecule has 1 amide bonds. The molecule has 2 rings (SSSR count). The van der Waals surface area contributed by atoms with Crippen molar-refractivity contribution < 1.29 is 9.21 Å². The zero-order valence-electron chi connectivity index (χ0n) is 11.2.